The summed E-state index contributed by atoms with van der Waals surface area (Å²) >= 11 is 0. The molecule has 2 aromatic rings. The van der Waals surface area contributed by atoms with Crippen LogP contribution in [0.25, 0.3) is 0 Å². The summed E-state index contributed by atoms with van der Waals surface area (Å²) in [7, 11) is -3.60. The van der Waals surface area contributed by atoms with Crippen LogP contribution in [-0.4, -0.2) is 26.9 Å². The summed E-state index contributed by atoms with van der Waals surface area (Å²) in [6, 6.07) is 14.2. The molecular weight excluding hydrogens is 372 g/mol. The van der Waals surface area contributed by atoms with Gasteiger partial charge in [-0.15, -0.1) is 0 Å². The van der Waals surface area contributed by atoms with Crippen molar-refractivity contribution in [3.05, 3.63) is 59.7 Å². The third-order valence-electron chi connectivity index (χ3n) is 5.69. The summed E-state index contributed by atoms with van der Waals surface area (Å²) in [5, 5.41) is 3.14. The molecule has 0 radical (unpaired) electrons. The average Bonchev–Trinajstić information content (AvgIpc) is 2.74. The maximum atomic E-state index is 13.1. The van der Waals surface area contributed by atoms with Gasteiger partial charge < -0.3 is 5.32 Å². The van der Waals surface area contributed by atoms with Crippen molar-refractivity contribution in [2.75, 3.05) is 10.8 Å². The predicted octanol–water partition coefficient (Wildman–Crippen LogP) is 3.89. The lowest BCUT2D eigenvalue weighted by atomic mass is 9.95. The Morgan fingerprint density at radius 1 is 0.964 bits per heavy atom. The van der Waals surface area contributed by atoms with E-state index in [1.54, 1.807) is 42.5 Å². The van der Waals surface area contributed by atoms with Crippen LogP contribution in [-0.2, 0) is 16.4 Å². The highest BCUT2D eigenvalue weighted by atomic mass is 32.2. The number of hydrogen-bond acceptors (Lipinski definition) is 3. The zero-order valence-corrected chi connectivity index (χ0v) is 16.7. The SMILES string of the molecule is O=C(NC1CCCCC1)c1ccc2c(c1)CCCN2S(=O)(=O)c1ccccc1. The number of benzene rings is 2. The minimum Gasteiger partial charge on any atom is -0.349 e. The van der Waals surface area contributed by atoms with Gasteiger partial charge in [0.15, 0.2) is 0 Å². The Labute approximate surface area is 166 Å². The van der Waals surface area contributed by atoms with Crippen LogP contribution in [0.15, 0.2) is 53.4 Å². The van der Waals surface area contributed by atoms with E-state index in [-0.39, 0.29) is 11.9 Å². The molecule has 6 heteroatoms. The molecule has 0 bridgehead atoms. The second-order valence-electron chi connectivity index (χ2n) is 7.65. The Hall–Kier alpha value is -2.34. The fourth-order valence-electron chi connectivity index (χ4n) is 4.19. The summed E-state index contributed by atoms with van der Waals surface area (Å²) in [4.78, 5) is 12.9. The van der Waals surface area contributed by atoms with Gasteiger partial charge in [0, 0.05) is 18.2 Å². The molecule has 2 aromatic carbocycles. The lowest BCUT2D eigenvalue weighted by Crippen LogP contribution is -2.37. The predicted molar refractivity (Wildman–Crippen MR) is 110 cm³/mol. The lowest BCUT2D eigenvalue weighted by molar-refractivity contribution is 0.0927. The first-order valence-corrected chi connectivity index (χ1v) is 11.5. The van der Waals surface area contributed by atoms with Crippen molar-refractivity contribution in [3.63, 3.8) is 0 Å². The number of aryl methyl sites for hydroxylation is 1. The van der Waals surface area contributed by atoms with Gasteiger partial charge in [0.2, 0.25) is 0 Å². The van der Waals surface area contributed by atoms with Gasteiger partial charge in [-0.3, -0.25) is 9.10 Å². The quantitative estimate of drug-likeness (QED) is 0.850. The van der Waals surface area contributed by atoms with Gasteiger partial charge in [0.1, 0.15) is 0 Å². The molecule has 1 amide bonds. The Kier molecular flexibility index (Phi) is 5.40. The normalized spacial score (nSPS) is 17.8. The summed E-state index contributed by atoms with van der Waals surface area (Å²) in [6.45, 7) is 0.456. The van der Waals surface area contributed by atoms with E-state index in [2.05, 4.69) is 5.32 Å². The van der Waals surface area contributed by atoms with E-state index in [9.17, 15) is 13.2 Å². The van der Waals surface area contributed by atoms with Crippen molar-refractivity contribution in [1.29, 1.82) is 0 Å². The van der Waals surface area contributed by atoms with Crippen LogP contribution in [0.3, 0.4) is 0 Å². The number of amides is 1. The first-order valence-electron chi connectivity index (χ1n) is 10.1. The first-order chi connectivity index (χ1) is 13.6. The van der Waals surface area contributed by atoms with Crippen LogP contribution in [0.4, 0.5) is 5.69 Å². The minimum absolute atomic E-state index is 0.0576. The molecule has 0 aromatic heterocycles. The second-order valence-corrected chi connectivity index (χ2v) is 9.51. The minimum atomic E-state index is -3.60. The Balaban J connectivity index is 1.58. The molecule has 0 unspecified atom stereocenters. The molecule has 4 rings (SSSR count). The summed E-state index contributed by atoms with van der Waals surface area (Å²) < 4.78 is 27.6. The molecule has 5 nitrogen and oxygen atoms in total. The van der Waals surface area contributed by atoms with Crippen molar-refractivity contribution in [2.24, 2.45) is 0 Å². The molecule has 1 N–H and O–H groups in total. The van der Waals surface area contributed by atoms with Gasteiger partial charge in [0.25, 0.3) is 15.9 Å². The fraction of sp³-hybridized carbons (Fsp3) is 0.409. The number of fused-ring (bicyclic) bond motifs is 1. The number of sulfonamides is 1. The molecule has 0 atom stereocenters. The number of rotatable bonds is 4. The summed E-state index contributed by atoms with van der Waals surface area (Å²) in [5.74, 6) is -0.0576. The summed E-state index contributed by atoms with van der Waals surface area (Å²) in [5.41, 5.74) is 2.22. The number of nitrogens with one attached hydrogen (secondary N) is 1. The number of nitrogens with zero attached hydrogens (tertiary/aromatic N) is 1. The van der Waals surface area contributed by atoms with Gasteiger partial charge in [-0.2, -0.15) is 0 Å². The van der Waals surface area contributed by atoms with Crippen LogP contribution in [0.5, 0.6) is 0 Å². The highest BCUT2D eigenvalue weighted by Gasteiger charge is 2.29. The van der Waals surface area contributed by atoms with Gasteiger partial charge >= 0.3 is 0 Å². The van der Waals surface area contributed by atoms with Crippen molar-refractivity contribution < 1.29 is 13.2 Å². The van der Waals surface area contributed by atoms with Gasteiger partial charge in [0.05, 0.1) is 10.6 Å². The topological polar surface area (TPSA) is 66.5 Å². The lowest BCUT2D eigenvalue weighted by Gasteiger charge is -2.31. The Bertz CT molecular complexity index is 951. The van der Waals surface area contributed by atoms with Crippen molar-refractivity contribution in [2.45, 2.75) is 55.9 Å². The number of hydrogen-bond donors (Lipinski definition) is 1. The maximum absolute atomic E-state index is 13.1. The first kappa shape index (κ1) is 19.0. The largest absolute Gasteiger partial charge is 0.349 e. The van der Waals surface area contributed by atoms with Gasteiger partial charge in [-0.05, 0) is 61.6 Å². The third-order valence-corrected chi connectivity index (χ3v) is 7.52. The van der Waals surface area contributed by atoms with E-state index in [0.29, 0.717) is 22.7 Å². The van der Waals surface area contributed by atoms with E-state index < -0.39 is 10.0 Å². The Morgan fingerprint density at radius 2 is 1.71 bits per heavy atom. The molecule has 1 aliphatic heterocycles. The molecular formula is C22H26N2O3S. The molecule has 0 saturated heterocycles. The molecule has 148 valence electrons. The van der Waals surface area contributed by atoms with Gasteiger partial charge in [-0.1, -0.05) is 37.5 Å². The van der Waals surface area contributed by atoms with Crippen molar-refractivity contribution in [1.82, 2.24) is 5.32 Å². The van der Waals surface area contributed by atoms with Crippen LogP contribution in [0.1, 0.15) is 54.4 Å². The molecule has 1 fully saturated rings. The van der Waals surface area contributed by atoms with E-state index in [1.165, 1.54) is 23.6 Å². The van der Waals surface area contributed by atoms with E-state index in [1.807, 2.05) is 6.07 Å². The number of carbonyl (C=O) groups is 1. The van der Waals surface area contributed by atoms with Gasteiger partial charge in [-0.25, -0.2) is 8.42 Å². The number of carbonyl (C=O) groups excluding carboxylic acids is 1. The average molecular weight is 399 g/mol. The van der Waals surface area contributed by atoms with E-state index in [0.717, 1.165) is 31.2 Å². The van der Waals surface area contributed by atoms with Crippen LogP contribution in [0, 0.1) is 0 Å². The molecule has 1 saturated carbocycles. The maximum Gasteiger partial charge on any atom is 0.264 e. The standard InChI is InChI=1S/C22H26N2O3S/c25-22(23-19-9-3-1-4-10-19)18-13-14-21-17(16-18)8-7-15-24(21)28(26,27)20-11-5-2-6-12-20/h2,5-6,11-14,16,19H,1,3-4,7-10,15H2,(H,23,25). The van der Waals surface area contributed by atoms with Crippen molar-refractivity contribution in [3.8, 4) is 0 Å². The molecule has 1 aliphatic carbocycles. The molecule has 0 spiro atoms. The van der Waals surface area contributed by atoms with Crippen LogP contribution in [0.2, 0.25) is 0 Å². The third kappa shape index (κ3) is 3.78. The Morgan fingerprint density at radius 3 is 2.46 bits per heavy atom. The van der Waals surface area contributed by atoms with Crippen LogP contribution < -0.4 is 9.62 Å². The number of anilines is 1. The molecule has 2 aliphatic rings. The summed E-state index contributed by atoms with van der Waals surface area (Å²) in [6.07, 6.45) is 7.19. The molecule has 28 heavy (non-hydrogen) atoms. The fourth-order valence-corrected chi connectivity index (χ4v) is 5.75. The highest BCUT2D eigenvalue weighted by Crippen LogP contribution is 2.32. The van der Waals surface area contributed by atoms with Crippen LogP contribution >= 0.6 is 0 Å². The molecule has 1 heterocycles. The zero-order valence-electron chi connectivity index (χ0n) is 15.9. The smallest absolute Gasteiger partial charge is 0.264 e. The van der Waals surface area contributed by atoms with E-state index in [4.69, 9.17) is 0 Å². The van der Waals surface area contributed by atoms with E-state index >= 15 is 0 Å². The second kappa shape index (κ2) is 7.95. The monoisotopic (exact) mass is 398 g/mol. The highest BCUT2D eigenvalue weighted by molar-refractivity contribution is 7.92. The zero-order chi connectivity index (χ0) is 19.6. The van der Waals surface area contributed by atoms with Crippen molar-refractivity contribution >= 4 is 21.6 Å².